The third kappa shape index (κ3) is 7.03. The summed E-state index contributed by atoms with van der Waals surface area (Å²) >= 11 is 0. The van der Waals surface area contributed by atoms with Crippen LogP contribution in [-0.4, -0.2) is 52.4 Å². The minimum atomic E-state index is 0.600. The van der Waals surface area contributed by atoms with Crippen LogP contribution in [0.1, 0.15) is 98.3 Å². The summed E-state index contributed by atoms with van der Waals surface area (Å²) in [5, 5.41) is 14.8. The molecule has 4 aliphatic carbocycles. The van der Waals surface area contributed by atoms with Crippen molar-refractivity contribution < 1.29 is 0 Å². The van der Waals surface area contributed by atoms with Crippen LogP contribution in [0.25, 0.3) is 0 Å². The van der Waals surface area contributed by atoms with E-state index < -0.39 is 0 Å². The molecular weight excluding hydrogens is 428 g/mol. The highest BCUT2D eigenvalue weighted by atomic mass is 14.9. The predicted molar refractivity (Wildman–Crippen MR) is 151 cm³/mol. The lowest BCUT2D eigenvalue weighted by molar-refractivity contribution is 0.0702. The minimum Gasteiger partial charge on any atom is -0.317 e. The zero-order valence-corrected chi connectivity index (χ0v) is 23.9. The molecule has 4 fully saturated rings. The van der Waals surface area contributed by atoms with E-state index in [4.69, 9.17) is 0 Å². The van der Waals surface area contributed by atoms with Crippen molar-refractivity contribution in [2.75, 3.05) is 52.4 Å². The minimum absolute atomic E-state index is 0.600. The van der Waals surface area contributed by atoms with Gasteiger partial charge in [-0.15, -0.1) is 0 Å². The van der Waals surface area contributed by atoms with Gasteiger partial charge < -0.3 is 21.3 Å². The standard InChI is InChI=1S/C31H60N4/c1-30(2)26-10-8-24(28(30)14-12-26)22-34-20-6-18-32-16-5-17-33-19-7-21-35-23-25-9-11-27-13-15-29(25)31(27,3)4/h24-29,32-35H,5-23H2,1-4H3. The Kier molecular flexibility index (Phi) is 10.4. The van der Waals surface area contributed by atoms with Gasteiger partial charge >= 0.3 is 0 Å². The van der Waals surface area contributed by atoms with Gasteiger partial charge in [0.25, 0.3) is 0 Å². The first kappa shape index (κ1) is 27.9. The Balaban J connectivity index is 0.898. The maximum absolute atomic E-state index is 3.79. The van der Waals surface area contributed by atoms with Crippen molar-refractivity contribution in [3.8, 4) is 0 Å². The average Bonchev–Trinajstić information content (AvgIpc) is 3.07. The Morgan fingerprint density at radius 2 is 0.800 bits per heavy atom. The van der Waals surface area contributed by atoms with Crippen LogP contribution in [-0.2, 0) is 0 Å². The first-order chi connectivity index (χ1) is 16.9. The molecule has 4 saturated carbocycles. The Hall–Kier alpha value is -0.160. The van der Waals surface area contributed by atoms with Crippen molar-refractivity contribution in [2.24, 2.45) is 46.3 Å². The van der Waals surface area contributed by atoms with Crippen molar-refractivity contribution in [3.05, 3.63) is 0 Å². The number of rotatable bonds is 16. The summed E-state index contributed by atoms with van der Waals surface area (Å²) < 4.78 is 0. The molecule has 4 nitrogen and oxygen atoms in total. The van der Waals surface area contributed by atoms with Crippen molar-refractivity contribution in [3.63, 3.8) is 0 Å². The van der Waals surface area contributed by atoms with Gasteiger partial charge in [0, 0.05) is 0 Å². The summed E-state index contributed by atoms with van der Waals surface area (Å²) in [5.74, 6) is 5.80. The van der Waals surface area contributed by atoms with Crippen LogP contribution in [0.4, 0.5) is 0 Å². The zero-order valence-electron chi connectivity index (χ0n) is 23.9. The van der Waals surface area contributed by atoms with Gasteiger partial charge in [-0.25, -0.2) is 0 Å². The molecule has 35 heavy (non-hydrogen) atoms. The van der Waals surface area contributed by atoms with E-state index in [0.717, 1.165) is 61.7 Å². The van der Waals surface area contributed by atoms with E-state index in [1.165, 1.54) is 96.8 Å². The van der Waals surface area contributed by atoms with Gasteiger partial charge in [0.2, 0.25) is 0 Å². The van der Waals surface area contributed by atoms with Gasteiger partial charge in [-0.2, -0.15) is 0 Å². The van der Waals surface area contributed by atoms with Crippen LogP contribution in [0.5, 0.6) is 0 Å². The summed E-state index contributed by atoms with van der Waals surface area (Å²) in [7, 11) is 0. The van der Waals surface area contributed by atoms with E-state index in [9.17, 15) is 0 Å². The van der Waals surface area contributed by atoms with E-state index in [1.54, 1.807) is 0 Å². The molecule has 0 aromatic rings. The lowest BCUT2D eigenvalue weighted by Gasteiger charge is -2.43. The van der Waals surface area contributed by atoms with E-state index in [-0.39, 0.29) is 0 Å². The Labute approximate surface area is 218 Å². The van der Waals surface area contributed by atoms with E-state index in [1.807, 2.05) is 0 Å². The molecule has 4 bridgehead atoms. The fourth-order valence-corrected chi connectivity index (χ4v) is 9.14. The third-order valence-corrected chi connectivity index (χ3v) is 11.5. The molecule has 0 aliphatic heterocycles. The second-order valence-corrected chi connectivity index (χ2v) is 14.0. The molecule has 0 amide bonds. The lowest BCUT2D eigenvalue weighted by Crippen LogP contribution is -2.40. The van der Waals surface area contributed by atoms with Crippen LogP contribution in [0.15, 0.2) is 0 Å². The number of hydrogen-bond acceptors (Lipinski definition) is 4. The fraction of sp³-hybridized carbons (Fsp3) is 1.00. The first-order valence-corrected chi connectivity index (χ1v) is 15.7. The SMILES string of the molecule is CC1(C)C2CCC(CNCCCNCCCNCCCNCC3CCC4CCC3C4(C)C)C1CC2. The molecule has 6 unspecified atom stereocenters. The fourth-order valence-electron chi connectivity index (χ4n) is 9.14. The van der Waals surface area contributed by atoms with Crippen LogP contribution < -0.4 is 21.3 Å². The molecule has 0 radical (unpaired) electrons. The van der Waals surface area contributed by atoms with Crippen LogP contribution in [0.3, 0.4) is 0 Å². The average molecular weight is 489 g/mol. The molecule has 0 aromatic carbocycles. The second-order valence-electron chi connectivity index (χ2n) is 14.0. The van der Waals surface area contributed by atoms with Crippen LogP contribution in [0, 0.1) is 46.3 Å². The highest BCUT2D eigenvalue weighted by Crippen LogP contribution is 2.58. The normalized spacial score (nSPS) is 35.0. The van der Waals surface area contributed by atoms with E-state index in [2.05, 4.69) is 49.0 Å². The molecular formula is C31H60N4. The van der Waals surface area contributed by atoms with Crippen molar-refractivity contribution in [1.29, 1.82) is 0 Å². The summed E-state index contributed by atoms with van der Waals surface area (Å²) in [4.78, 5) is 0. The van der Waals surface area contributed by atoms with Crippen molar-refractivity contribution in [2.45, 2.75) is 98.3 Å². The molecule has 6 atom stereocenters. The molecule has 0 heterocycles. The quantitative estimate of drug-likeness (QED) is 0.219. The maximum atomic E-state index is 3.79. The molecule has 0 aromatic heterocycles. The van der Waals surface area contributed by atoms with Gasteiger partial charge in [0.15, 0.2) is 0 Å². The molecule has 4 N–H and O–H groups in total. The smallest absolute Gasteiger partial charge is 0.00177 e. The van der Waals surface area contributed by atoms with Crippen LogP contribution >= 0.6 is 0 Å². The topological polar surface area (TPSA) is 48.1 Å². The summed E-state index contributed by atoms with van der Waals surface area (Å²) in [6, 6.07) is 0. The van der Waals surface area contributed by atoms with Crippen LogP contribution in [0.2, 0.25) is 0 Å². The lowest BCUT2D eigenvalue weighted by atomic mass is 9.63. The summed E-state index contributed by atoms with van der Waals surface area (Å²) in [6.45, 7) is 19.6. The van der Waals surface area contributed by atoms with E-state index in [0.29, 0.717) is 10.8 Å². The van der Waals surface area contributed by atoms with Gasteiger partial charge in [-0.05, 0) is 169 Å². The number of fused-ring (bicyclic) bond motifs is 4. The second kappa shape index (κ2) is 13.1. The molecule has 0 spiro atoms. The Morgan fingerprint density at radius 1 is 0.457 bits per heavy atom. The highest BCUT2D eigenvalue weighted by molar-refractivity contribution is 5.00. The van der Waals surface area contributed by atoms with Crippen molar-refractivity contribution in [1.82, 2.24) is 21.3 Å². The largest absolute Gasteiger partial charge is 0.317 e. The number of nitrogens with one attached hydrogen (secondary N) is 4. The molecule has 4 rings (SSSR count). The molecule has 204 valence electrons. The first-order valence-electron chi connectivity index (χ1n) is 15.7. The third-order valence-electron chi connectivity index (χ3n) is 11.5. The van der Waals surface area contributed by atoms with Gasteiger partial charge in [0.1, 0.15) is 0 Å². The Morgan fingerprint density at radius 3 is 1.20 bits per heavy atom. The maximum Gasteiger partial charge on any atom is -0.00177 e. The Bertz CT molecular complexity index is 565. The predicted octanol–water partition coefficient (Wildman–Crippen LogP) is 5.44. The summed E-state index contributed by atoms with van der Waals surface area (Å²) in [5.41, 5.74) is 1.20. The van der Waals surface area contributed by atoms with Gasteiger partial charge in [-0.3, -0.25) is 0 Å². The zero-order chi connectivity index (χ0) is 24.7. The number of hydrogen-bond donors (Lipinski definition) is 4. The van der Waals surface area contributed by atoms with E-state index >= 15 is 0 Å². The van der Waals surface area contributed by atoms with Gasteiger partial charge in [-0.1, -0.05) is 27.7 Å². The molecule has 4 aliphatic rings. The summed E-state index contributed by atoms with van der Waals surface area (Å²) in [6.07, 6.45) is 15.6. The highest BCUT2D eigenvalue weighted by Gasteiger charge is 2.50. The monoisotopic (exact) mass is 488 g/mol. The van der Waals surface area contributed by atoms with Gasteiger partial charge in [0.05, 0.1) is 0 Å². The molecule has 0 saturated heterocycles. The van der Waals surface area contributed by atoms with Crippen molar-refractivity contribution >= 4 is 0 Å². The molecule has 4 heteroatoms.